The zero-order valence-corrected chi connectivity index (χ0v) is 6.81. The highest BCUT2D eigenvalue weighted by atomic mass is 15.0. The van der Waals surface area contributed by atoms with Crippen molar-refractivity contribution in [3.8, 4) is 0 Å². The summed E-state index contributed by atoms with van der Waals surface area (Å²) in [5, 5.41) is 2.99. The largest absolute Gasteiger partial charge is 0.286 e. The van der Waals surface area contributed by atoms with Gasteiger partial charge in [0.2, 0.25) is 0 Å². The molecule has 1 aliphatic heterocycles. The molecule has 0 aromatic rings. The molecule has 2 radical (unpaired) electrons. The molecule has 0 aromatic carbocycles. The molecule has 1 atom stereocenters. The van der Waals surface area contributed by atoms with Crippen molar-refractivity contribution in [2.45, 2.75) is 20.8 Å². The van der Waals surface area contributed by atoms with Gasteiger partial charge >= 0.3 is 0 Å². The van der Waals surface area contributed by atoms with Crippen molar-refractivity contribution < 1.29 is 0 Å². The van der Waals surface area contributed by atoms with Gasteiger partial charge in [0.05, 0.1) is 0 Å². The van der Waals surface area contributed by atoms with Gasteiger partial charge in [-0.25, -0.2) is 0 Å². The van der Waals surface area contributed by atoms with Gasteiger partial charge in [0.25, 0.3) is 0 Å². The lowest BCUT2D eigenvalue weighted by Crippen LogP contribution is -2.34. The van der Waals surface area contributed by atoms with E-state index in [1.54, 1.807) is 0 Å². The van der Waals surface area contributed by atoms with E-state index in [4.69, 9.17) is 0 Å². The minimum absolute atomic E-state index is 0.318. The summed E-state index contributed by atoms with van der Waals surface area (Å²) in [7, 11) is 0. The highest BCUT2D eigenvalue weighted by molar-refractivity contribution is 5.63. The van der Waals surface area contributed by atoms with Crippen LogP contribution in [0.4, 0.5) is 0 Å². The van der Waals surface area contributed by atoms with E-state index in [9.17, 15) is 0 Å². The first kappa shape index (κ1) is 7.73. The van der Waals surface area contributed by atoms with Gasteiger partial charge in [-0.2, -0.15) is 0 Å². The summed E-state index contributed by atoms with van der Waals surface area (Å²) in [5.41, 5.74) is 0.318. The molecule has 0 spiro atoms. The van der Waals surface area contributed by atoms with Crippen LogP contribution in [0.5, 0.6) is 0 Å². The van der Waals surface area contributed by atoms with Crippen molar-refractivity contribution in [3.05, 3.63) is 6.67 Å². The molecule has 2 heteroatoms. The zero-order chi connectivity index (χ0) is 7.61. The van der Waals surface area contributed by atoms with Crippen molar-refractivity contribution in [2.24, 2.45) is 16.3 Å². The second-order valence-electron chi connectivity index (χ2n) is 3.74. The van der Waals surface area contributed by atoms with Crippen molar-refractivity contribution in [1.82, 2.24) is 5.32 Å². The Balaban J connectivity index is 2.55. The lowest BCUT2D eigenvalue weighted by Gasteiger charge is -2.29. The van der Waals surface area contributed by atoms with Gasteiger partial charge in [0, 0.05) is 18.7 Å². The maximum atomic E-state index is 3.94. The molecule has 1 N–H and O–H groups in total. The van der Waals surface area contributed by atoms with Crippen LogP contribution in [0.2, 0.25) is 0 Å². The normalized spacial score (nSPS) is 26.9. The van der Waals surface area contributed by atoms with Crippen LogP contribution in [0.3, 0.4) is 0 Å². The molecule has 1 heterocycles. The minimum atomic E-state index is 0.318. The average molecular weight is 138 g/mol. The van der Waals surface area contributed by atoms with E-state index >= 15 is 0 Å². The van der Waals surface area contributed by atoms with Gasteiger partial charge in [-0.3, -0.25) is 10.3 Å². The Morgan fingerprint density at radius 2 is 2.30 bits per heavy atom. The Labute approximate surface area is 62.7 Å². The molecule has 1 aliphatic rings. The smallest absolute Gasteiger partial charge is 0.195 e. The molecule has 0 aromatic heterocycles. The van der Waals surface area contributed by atoms with Crippen LogP contribution in [0.15, 0.2) is 4.99 Å². The van der Waals surface area contributed by atoms with Crippen molar-refractivity contribution >= 4 is 6.21 Å². The summed E-state index contributed by atoms with van der Waals surface area (Å²) in [6.07, 6.45) is 1.97. The first-order valence-electron chi connectivity index (χ1n) is 3.62. The quantitative estimate of drug-likeness (QED) is 0.536. The van der Waals surface area contributed by atoms with Crippen molar-refractivity contribution in [3.63, 3.8) is 0 Å². The minimum Gasteiger partial charge on any atom is -0.286 e. The second-order valence-corrected chi connectivity index (χ2v) is 3.74. The lowest BCUT2D eigenvalue weighted by molar-refractivity contribution is 0.306. The van der Waals surface area contributed by atoms with Crippen LogP contribution >= 0.6 is 0 Å². The van der Waals surface area contributed by atoms with Gasteiger partial charge in [-0.15, -0.1) is 0 Å². The van der Waals surface area contributed by atoms with E-state index < -0.39 is 0 Å². The summed E-state index contributed by atoms with van der Waals surface area (Å²) >= 11 is 0. The number of hydrogen-bond acceptors (Lipinski definition) is 2. The fourth-order valence-corrected chi connectivity index (χ4v) is 0.911. The Morgan fingerprint density at radius 3 is 2.60 bits per heavy atom. The van der Waals surface area contributed by atoms with Gasteiger partial charge < -0.3 is 0 Å². The highest BCUT2D eigenvalue weighted by Crippen LogP contribution is 2.24. The Hall–Kier alpha value is -0.370. The molecule has 10 heavy (non-hydrogen) atoms. The van der Waals surface area contributed by atoms with Gasteiger partial charge in [0.15, 0.2) is 6.67 Å². The number of rotatable bonds is 0. The third-order valence-corrected chi connectivity index (χ3v) is 1.83. The van der Waals surface area contributed by atoms with Crippen LogP contribution in [0, 0.1) is 18.0 Å². The van der Waals surface area contributed by atoms with Crippen LogP contribution in [0.25, 0.3) is 0 Å². The fourth-order valence-electron chi connectivity index (χ4n) is 0.911. The van der Waals surface area contributed by atoms with Crippen molar-refractivity contribution in [2.75, 3.05) is 6.54 Å². The Kier molecular flexibility index (Phi) is 2.09. The zero-order valence-electron chi connectivity index (χ0n) is 6.81. The van der Waals surface area contributed by atoms with E-state index in [2.05, 4.69) is 37.7 Å². The van der Waals surface area contributed by atoms with E-state index in [-0.39, 0.29) is 0 Å². The van der Waals surface area contributed by atoms with Gasteiger partial charge in [-0.05, 0) is 5.41 Å². The summed E-state index contributed by atoms with van der Waals surface area (Å²) in [6, 6.07) is 0. The molecule has 2 nitrogen and oxygen atoms in total. The van der Waals surface area contributed by atoms with Crippen LogP contribution < -0.4 is 5.32 Å². The average Bonchev–Trinajstić information content (AvgIpc) is 1.88. The van der Waals surface area contributed by atoms with E-state index in [0.717, 1.165) is 6.54 Å². The standard InChI is InChI=1S/C8H14N2/c1-8(2,3)7-4-9-6-10-5-7/h4,7,10H,5H2,1-3H3. The molecule has 0 fully saturated rings. The molecular weight excluding hydrogens is 124 g/mol. The van der Waals surface area contributed by atoms with Gasteiger partial charge in [0.1, 0.15) is 0 Å². The molecule has 0 saturated heterocycles. The molecule has 0 aliphatic carbocycles. The number of hydrogen-bond donors (Lipinski definition) is 1. The number of nitrogens with zero attached hydrogens (tertiary/aromatic N) is 1. The summed E-state index contributed by atoms with van der Waals surface area (Å²) in [5.74, 6) is 0.536. The van der Waals surface area contributed by atoms with Gasteiger partial charge in [-0.1, -0.05) is 20.8 Å². The topological polar surface area (TPSA) is 24.4 Å². The Bertz CT molecular complexity index is 133. The van der Waals surface area contributed by atoms with E-state index in [0.29, 0.717) is 11.3 Å². The number of aliphatic imine (C=N–C) groups is 1. The summed E-state index contributed by atoms with van der Waals surface area (Å²) in [6.45, 7) is 10.3. The van der Waals surface area contributed by atoms with Crippen molar-refractivity contribution in [1.29, 1.82) is 0 Å². The monoisotopic (exact) mass is 138 g/mol. The summed E-state index contributed by atoms with van der Waals surface area (Å²) in [4.78, 5) is 3.94. The first-order chi connectivity index (χ1) is 4.61. The third-order valence-electron chi connectivity index (χ3n) is 1.83. The van der Waals surface area contributed by atoms with E-state index in [1.807, 2.05) is 6.21 Å². The maximum absolute atomic E-state index is 3.94. The predicted octanol–water partition coefficient (Wildman–Crippen LogP) is 1.32. The first-order valence-corrected chi connectivity index (χ1v) is 3.62. The molecule has 1 unspecified atom stereocenters. The Morgan fingerprint density at radius 1 is 1.60 bits per heavy atom. The second kappa shape index (κ2) is 2.70. The molecular formula is C8H14N2. The number of nitrogens with one attached hydrogen (secondary N) is 1. The van der Waals surface area contributed by atoms with Crippen LogP contribution in [-0.2, 0) is 0 Å². The molecule has 1 rings (SSSR count). The summed E-state index contributed by atoms with van der Waals surface area (Å²) < 4.78 is 0. The van der Waals surface area contributed by atoms with Crippen LogP contribution in [-0.4, -0.2) is 12.8 Å². The molecule has 0 bridgehead atoms. The van der Waals surface area contributed by atoms with Crippen LogP contribution in [0.1, 0.15) is 20.8 Å². The predicted molar refractivity (Wildman–Crippen MR) is 42.7 cm³/mol. The molecule has 0 amide bonds. The maximum Gasteiger partial charge on any atom is 0.195 e. The molecule has 56 valence electrons. The lowest BCUT2D eigenvalue weighted by atomic mass is 9.81. The molecule has 0 saturated carbocycles. The highest BCUT2D eigenvalue weighted by Gasteiger charge is 2.23. The fraction of sp³-hybridized carbons (Fsp3) is 0.750. The SMILES string of the molecule is CC(C)(C)C1C=N[C]NC1. The third kappa shape index (κ3) is 1.81. The van der Waals surface area contributed by atoms with E-state index in [1.165, 1.54) is 0 Å².